The molecule has 3 aromatic rings. The number of hydrogen-bond acceptors (Lipinski definition) is 4. The van der Waals surface area contributed by atoms with Crippen LogP contribution < -0.4 is 20.1 Å². The summed E-state index contributed by atoms with van der Waals surface area (Å²) in [5.74, 6) is 2.74. The van der Waals surface area contributed by atoms with Crippen LogP contribution >= 0.6 is 71.8 Å². The average Bonchev–Trinajstić information content (AvgIpc) is 3.11. The van der Waals surface area contributed by atoms with Gasteiger partial charge in [-0.15, -0.1) is 18.3 Å². The quantitative estimate of drug-likeness (QED) is 0.0629. The molecule has 0 unspecified atom stereocenters. The third-order valence-corrected chi connectivity index (χ3v) is 13.4. The Morgan fingerprint density at radius 2 is 1.50 bits per heavy atom. The summed E-state index contributed by atoms with van der Waals surface area (Å²) in [5, 5.41) is 3.81. The van der Waals surface area contributed by atoms with E-state index in [0.29, 0.717) is 32.3 Å². The van der Waals surface area contributed by atoms with E-state index in [2.05, 4.69) is 122 Å². The number of allylic oxidation sites excluding steroid dienone is 1. The van der Waals surface area contributed by atoms with Crippen LogP contribution in [0.25, 0.3) is 22.3 Å². The van der Waals surface area contributed by atoms with E-state index >= 15 is 0 Å². The fourth-order valence-corrected chi connectivity index (χ4v) is 9.86. The number of halogens is 3. The Labute approximate surface area is 356 Å². The first-order valence-electron chi connectivity index (χ1n) is 18.8. The molecule has 0 radical (unpaired) electrons. The van der Waals surface area contributed by atoms with Crippen molar-refractivity contribution in [2.24, 2.45) is 5.92 Å². The van der Waals surface area contributed by atoms with E-state index in [1.165, 1.54) is 44.4 Å². The predicted molar refractivity (Wildman–Crippen MR) is 253 cm³/mol. The highest BCUT2D eigenvalue weighted by atomic mass is 35.5. The number of thioether (sulfide) groups is 1. The zero-order chi connectivity index (χ0) is 40.6. The monoisotopic (exact) mass is 839 g/mol. The van der Waals surface area contributed by atoms with Crippen molar-refractivity contribution in [1.29, 1.82) is 0 Å². The third kappa shape index (κ3) is 8.34. The lowest BCUT2D eigenvalue weighted by atomic mass is 9.77. The molecule has 0 bridgehead atoms. The summed E-state index contributed by atoms with van der Waals surface area (Å²) >= 11 is 32.8. The molecule has 0 amide bonds. The van der Waals surface area contributed by atoms with Gasteiger partial charge in [0.1, 0.15) is 7.05 Å². The summed E-state index contributed by atoms with van der Waals surface area (Å²) < 4.78 is 2.37. The van der Waals surface area contributed by atoms with Crippen molar-refractivity contribution in [3.8, 4) is 0 Å². The van der Waals surface area contributed by atoms with Gasteiger partial charge in [-0.25, -0.2) is 4.58 Å². The van der Waals surface area contributed by atoms with Crippen LogP contribution in [-0.4, -0.2) is 42.4 Å². The second-order valence-electron chi connectivity index (χ2n) is 15.8. The highest BCUT2D eigenvalue weighted by Gasteiger charge is 2.36. The molecule has 0 N–H and O–H groups in total. The van der Waals surface area contributed by atoms with Crippen LogP contribution in [0.5, 0.6) is 0 Å². The van der Waals surface area contributed by atoms with Crippen LogP contribution in [0.4, 0.5) is 5.69 Å². The Morgan fingerprint density at radius 3 is 2.06 bits per heavy atom. The number of thiol groups is 2. The molecular weight excluding hydrogens is 783 g/mol. The van der Waals surface area contributed by atoms with Crippen LogP contribution in [0.15, 0.2) is 60.5 Å². The van der Waals surface area contributed by atoms with Crippen molar-refractivity contribution >= 4 is 99.8 Å². The van der Waals surface area contributed by atoms with Crippen molar-refractivity contribution in [2.45, 2.75) is 91.6 Å². The molecule has 6 rings (SSSR count). The number of hydrogen-bond donors (Lipinski definition) is 2. The fourth-order valence-electron chi connectivity index (χ4n) is 7.34. The number of benzene rings is 3. The molecule has 8 heteroatoms. The van der Waals surface area contributed by atoms with Crippen LogP contribution in [0.1, 0.15) is 108 Å². The van der Waals surface area contributed by atoms with E-state index < -0.39 is 0 Å². The Balaban J connectivity index is 0.00000102. The van der Waals surface area contributed by atoms with Gasteiger partial charge in [-0.05, 0) is 102 Å². The summed E-state index contributed by atoms with van der Waals surface area (Å²) in [6.45, 7) is 29.8. The number of likely N-dealkylation sites (N-methyl/N-ethyl adjacent to an activating group) is 2. The van der Waals surface area contributed by atoms with Gasteiger partial charge in [0, 0.05) is 71.5 Å². The highest BCUT2D eigenvalue weighted by molar-refractivity contribution is 7.99. The number of nitrogens with zero attached hydrogens (tertiary/aromatic N) is 2. The molecule has 2 aliphatic heterocycles. The molecular formula is C46H58Cl3N2S3+. The fraction of sp³-hybridized carbons (Fsp3) is 0.413. The summed E-state index contributed by atoms with van der Waals surface area (Å²) in [6.07, 6.45) is 7.29. The van der Waals surface area contributed by atoms with Gasteiger partial charge in [0.25, 0.3) is 0 Å². The van der Waals surface area contributed by atoms with Gasteiger partial charge < -0.3 is 4.90 Å². The lowest BCUT2D eigenvalue weighted by Gasteiger charge is -2.42. The molecule has 0 saturated carbocycles. The lowest BCUT2D eigenvalue weighted by Crippen LogP contribution is -2.47. The minimum absolute atomic E-state index is 0.154. The van der Waals surface area contributed by atoms with E-state index in [0.717, 1.165) is 50.3 Å². The topological polar surface area (TPSA) is 6.25 Å². The van der Waals surface area contributed by atoms with Gasteiger partial charge in [-0.2, -0.15) is 25.3 Å². The van der Waals surface area contributed by atoms with Crippen molar-refractivity contribution in [3.05, 3.63) is 120 Å². The SMILES string of the molecule is C=CCSc1c(Cl)c(Cl)c(C(=C)C)c(C2=c3cc4c(cc3Cc3cc5c(cc32)C(CS)=CC(C)(C)N5C)=[N+](C)C(C)(C)C=C4CS)c1Cl.CC.CC(C)C. The molecule has 54 heavy (non-hydrogen) atoms. The number of anilines is 1. The molecule has 290 valence electrons. The average molecular weight is 842 g/mol. The van der Waals surface area contributed by atoms with Crippen molar-refractivity contribution in [3.63, 3.8) is 0 Å². The predicted octanol–water partition coefficient (Wildman–Crippen LogP) is 12.6. The van der Waals surface area contributed by atoms with Crippen molar-refractivity contribution < 1.29 is 0 Å². The van der Waals surface area contributed by atoms with Gasteiger partial charge in [0.2, 0.25) is 5.36 Å². The first-order chi connectivity index (χ1) is 25.3. The minimum atomic E-state index is -0.154. The summed E-state index contributed by atoms with van der Waals surface area (Å²) in [5.41, 5.74) is 12.7. The van der Waals surface area contributed by atoms with Crippen molar-refractivity contribution in [2.75, 3.05) is 36.3 Å². The van der Waals surface area contributed by atoms with Gasteiger partial charge in [0.05, 0.1) is 26.2 Å². The first-order valence-corrected chi connectivity index (χ1v) is 22.1. The second-order valence-corrected chi connectivity index (χ2v) is 18.6. The molecule has 2 nitrogen and oxygen atoms in total. The summed E-state index contributed by atoms with van der Waals surface area (Å²) in [7, 11) is 4.35. The molecule has 0 saturated heterocycles. The Kier molecular flexibility index (Phi) is 14.6. The van der Waals surface area contributed by atoms with Gasteiger partial charge in [-0.3, -0.25) is 0 Å². The van der Waals surface area contributed by atoms with E-state index in [9.17, 15) is 0 Å². The molecule has 0 aromatic heterocycles. The molecule has 3 aromatic carbocycles. The van der Waals surface area contributed by atoms with Gasteiger partial charge in [0.15, 0.2) is 5.54 Å². The maximum atomic E-state index is 7.53. The van der Waals surface area contributed by atoms with E-state index in [-0.39, 0.29) is 11.1 Å². The standard InChI is InChI=1S/C40H41Cl3N2S3.C4H10.C2H6/c1-10-11-48-38-36(42)34(32(21(2)3)35(41)37(38)43)33-28-15-26-24(19-46)17-39(4,5)44(8)30(26)13-22(28)12-23-14-31-27(16-29(23)33)25(20-47)18-40(6,7)45(31)9;1-4(2)3;1-2/h10,13-18H,1-2,11-12,19-20H2,3-9H3,(H-,46,47);4H,1-3H3;1-2H3/p+1. The summed E-state index contributed by atoms with van der Waals surface area (Å²) in [4.78, 5) is 3.11. The van der Waals surface area contributed by atoms with Crippen LogP contribution in [0.3, 0.4) is 0 Å². The summed E-state index contributed by atoms with van der Waals surface area (Å²) in [6, 6.07) is 9.44. The zero-order valence-corrected chi connectivity index (χ0v) is 39.1. The maximum absolute atomic E-state index is 7.53. The largest absolute Gasteiger partial charge is 0.365 e. The van der Waals surface area contributed by atoms with Crippen LogP contribution in [0.2, 0.25) is 15.1 Å². The zero-order valence-electron chi connectivity index (χ0n) is 34.2. The van der Waals surface area contributed by atoms with Crippen molar-refractivity contribution in [1.82, 2.24) is 4.58 Å². The third-order valence-electron chi connectivity index (χ3n) is 10.2. The van der Waals surface area contributed by atoms with Crippen LogP contribution in [0, 0.1) is 5.92 Å². The van der Waals surface area contributed by atoms with E-state index in [4.69, 9.17) is 60.1 Å². The van der Waals surface area contributed by atoms with Gasteiger partial charge >= 0.3 is 0 Å². The molecule has 2 heterocycles. The molecule has 3 aliphatic rings. The lowest BCUT2D eigenvalue weighted by molar-refractivity contribution is 0.439. The van der Waals surface area contributed by atoms with Gasteiger partial charge in [-0.1, -0.05) is 88.2 Å². The van der Waals surface area contributed by atoms with E-state index in [1.807, 2.05) is 26.8 Å². The highest BCUT2D eigenvalue weighted by Crippen LogP contribution is 2.50. The molecule has 0 fully saturated rings. The minimum Gasteiger partial charge on any atom is -0.365 e. The number of fused-ring (bicyclic) bond motifs is 4. The maximum Gasteiger partial charge on any atom is 0.208 e. The van der Waals surface area contributed by atoms with E-state index in [1.54, 1.807) is 11.8 Å². The van der Waals surface area contributed by atoms with Crippen LogP contribution in [-0.2, 0) is 6.42 Å². The molecule has 0 spiro atoms. The Bertz CT molecular complexity index is 2190. The first kappa shape index (κ1) is 44.7. The Morgan fingerprint density at radius 1 is 0.907 bits per heavy atom. The normalized spacial score (nSPS) is 16.1. The molecule has 1 aliphatic carbocycles. The second kappa shape index (κ2) is 17.7. The number of rotatable bonds is 7. The Hall–Kier alpha value is -1.99. The molecule has 0 atom stereocenters. The smallest absolute Gasteiger partial charge is 0.208 e.